The first-order chi connectivity index (χ1) is 8.15. The second-order valence-electron chi connectivity index (χ2n) is 3.27. The summed E-state index contributed by atoms with van der Waals surface area (Å²) in [4.78, 5) is 15.3. The number of halogens is 2. The van der Waals surface area contributed by atoms with E-state index >= 15 is 0 Å². The van der Waals surface area contributed by atoms with E-state index in [-0.39, 0.29) is 12.5 Å². The molecular formula is C10H8Cl2N4O. The van der Waals surface area contributed by atoms with Crippen molar-refractivity contribution >= 4 is 34.8 Å². The highest BCUT2D eigenvalue weighted by Crippen LogP contribution is 2.24. The van der Waals surface area contributed by atoms with Crippen LogP contribution in [0.5, 0.6) is 0 Å². The molecular weight excluding hydrogens is 263 g/mol. The van der Waals surface area contributed by atoms with Gasteiger partial charge in [-0.3, -0.25) is 4.79 Å². The number of rotatable bonds is 3. The van der Waals surface area contributed by atoms with Crippen LogP contribution in [0.15, 0.2) is 30.9 Å². The first kappa shape index (κ1) is 11.9. The van der Waals surface area contributed by atoms with Crippen molar-refractivity contribution in [1.29, 1.82) is 0 Å². The minimum absolute atomic E-state index is 0.0975. The number of amides is 1. The molecule has 1 aromatic heterocycles. The topological polar surface area (TPSA) is 59.8 Å². The summed E-state index contributed by atoms with van der Waals surface area (Å²) in [7, 11) is 0. The molecule has 0 aliphatic rings. The van der Waals surface area contributed by atoms with Crippen molar-refractivity contribution in [2.75, 3.05) is 5.32 Å². The predicted molar refractivity (Wildman–Crippen MR) is 65.1 cm³/mol. The predicted octanol–water partition coefficient (Wildman–Crippen LogP) is 2.22. The minimum Gasteiger partial charge on any atom is -0.324 e. The molecule has 0 saturated heterocycles. The third-order valence-corrected chi connectivity index (χ3v) is 2.71. The Balaban J connectivity index is 2.00. The maximum absolute atomic E-state index is 11.6. The van der Waals surface area contributed by atoms with Crippen LogP contribution in [-0.4, -0.2) is 20.7 Å². The van der Waals surface area contributed by atoms with E-state index in [0.717, 1.165) is 0 Å². The SMILES string of the molecule is O=C(Cn1cncn1)Nc1ccc(Cl)c(Cl)c1. The summed E-state index contributed by atoms with van der Waals surface area (Å²) in [5.41, 5.74) is 0.588. The van der Waals surface area contributed by atoms with Crippen LogP contribution in [0, 0.1) is 0 Å². The van der Waals surface area contributed by atoms with Gasteiger partial charge in [0.15, 0.2) is 0 Å². The zero-order valence-electron chi connectivity index (χ0n) is 8.60. The molecule has 0 aliphatic heterocycles. The number of carbonyl (C=O) groups is 1. The van der Waals surface area contributed by atoms with Gasteiger partial charge in [0.05, 0.1) is 10.0 Å². The van der Waals surface area contributed by atoms with Crippen molar-refractivity contribution in [1.82, 2.24) is 14.8 Å². The average molecular weight is 271 g/mol. The van der Waals surface area contributed by atoms with Crippen LogP contribution in [0.25, 0.3) is 0 Å². The van der Waals surface area contributed by atoms with E-state index in [1.807, 2.05) is 0 Å². The molecule has 0 atom stereocenters. The third-order valence-electron chi connectivity index (χ3n) is 1.98. The summed E-state index contributed by atoms with van der Waals surface area (Å²) in [6, 6.07) is 4.88. The van der Waals surface area contributed by atoms with Crippen LogP contribution in [0.4, 0.5) is 5.69 Å². The maximum Gasteiger partial charge on any atom is 0.246 e. The number of aromatic nitrogens is 3. The van der Waals surface area contributed by atoms with Crippen LogP contribution in [0.3, 0.4) is 0 Å². The lowest BCUT2D eigenvalue weighted by atomic mass is 10.3. The van der Waals surface area contributed by atoms with Gasteiger partial charge in [-0.1, -0.05) is 23.2 Å². The van der Waals surface area contributed by atoms with E-state index in [1.54, 1.807) is 18.2 Å². The first-order valence-electron chi connectivity index (χ1n) is 4.72. The average Bonchev–Trinajstić information content (AvgIpc) is 2.76. The fourth-order valence-corrected chi connectivity index (χ4v) is 1.53. The van der Waals surface area contributed by atoms with Gasteiger partial charge in [0.1, 0.15) is 19.2 Å². The quantitative estimate of drug-likeness (QED) is 0.931. The summed E-state index contributed by atoms with van der Waals surface area (Å²) >= 11 is 11.6. The van der Waals surface area contributed by atoms with E-state index in [2.05, 4.69) is 15.4 Å². The summed E-state index contributed by atoms with van der Waals surface area (Å²) in [5.74, 6) is -0.214. The van der Waals surface area contributed by atoms with Crippen molar-refractivity contribution in [3.8, 4) is 0 Å². The Morgan fingerprint density at radius 2 is 2.18 bits per heavy atom. The molecule has 17 heavy (non-hydrogen) atoms. The standard InChI is InChI=1S/C10H8Cl2N4O/c11-8-2-1-7(3-9(8)12)15-10(17)4-16-6-13-5-14-16/h1-3,5-6H,4H2,(H,15,17). The molecule has 0 aliphatic carbocycles. The zero-order chi connectivity index (χ0) is 12.3. The fraction of sp³-hybridized carbons (Fsp3) is 0.100. The molecule has 1 N–H and O–H groups in total. The van der Waals surface area contributed by atoms with Gasteiger partial charge in [0, 0.05) is 5.69 Å². The molecule has 2 rings (SSSR count). The molecule has 0 unspecified atom stereocenters. The number of anilines is 1. The van der Waals surface area contributed by atoms with Gasteiger partial charge >= 0.3 is 0 Å². The Labute approximate surface area is 107 Å². The van der Waals surface area contributed by atoms with Gasteiger partial charge in [-0.25, -0.2) is 9.67 Å². The van der Waals surface area contributed by atoms with Crippen LogP contribution in [-0.2, 0) is 11.3 Å². The van der Waals surface area contributed by atoms with Crippen molar-refractivity contribution in [2.45, 2.75) is 6.54 Å². The Bertz CT molecular complexity index is 527. The molecule has 0 fully saturated rings. The number of hydrogen-bond acceptors (Lipinski definition) is 3. The number of nitrogens with one attached hydrogen (secondary N) is 1. The molecule has 0 bridgehead atoms. The number of hydrogen-bond donors (Lipinski definition) is 1. The van der Waals surface area contributed by atoms with Gasteiger partial charge < -0.3 is 5.32 Å². The highest BCUT2D eigenvalue weighted by molar-refractivity contribution is 6.42. The van der Waals surface area contributed by atoms with Crippen LogP contribution in [0.1, 0.15) is 0 Å². The van der Waals surface area contributed by atoms with Crippen molar-refractivity contribution in [3.63, 3.8) is 0 Å². The molecule has 7 heteroatoms. The normalized spacial score (nSPS) is 10.2. The molecule has 88 valence electrons. The lowest BCUT2D eigenvalue weighted by Gasteiger charge is -2.06. The Morgan fingerprint density at radius 1 is 1.35 bits per heavy atom. The highest BCUT2D eigenvalue weighted by atomic mass is 35.5. The van der Waals surface area contributed by atoms with Gasteiger partial charge in [0.25, 0.3) is 0 Å². The summed E-state index contributed by atoms with van der Waals surface area (Å²) in [6.45, 7) is 0.0975. The van der Waals surface area contributed by atoms with Crippen LogP contribution < -0.4 is 5.32 Å². The molecule has 0 saturated carbocycles. The third kappa shape index (κ3) is 3.18. The Kier molecular flexibility index (Phi) is 3.61. The second-order valence-corrected chi connectivity index (χ2v) is 4.08. The first-order valence-corrected chi connectivity index (χ1v) is 5.48. The van der Waals surface area contributed by atoms with Crippen molar-refractivity contribution in [3.05, 3.63) is 40.9 Å². The maximum atomic E-state index is 11.6. The zero-order valence-corrected chi connectivity index (χ0v) is 10.1. The Hall–Kier alpha value is -1.59. The second kappa shape index (κ2) is 5.16. The van der Waals surface area contributed by atoms with E-state index in [9.17, 15) is 4.79 Å². The summed E-state index contributed by atoms with van der Waals surface area (Å²) in [5, 5.41) is 7.34. The molecule has 2 aromatic rings. The fourth-order valence-electron chi connectivity index (χ4n) is 1.24. The minimum atomic E-state index is -0.214. The largest absolute Gasteiger partial charge is 0.324 e. The van der Waals surface area contributed by atoms with E-state index in [0.29, 0.717) is 15.7 Å². The molecule has 0 radical (unpaired) electrons. The number of nitrogens with zero attached hydrogens (tertiary/aromatic N) is 3. The van der Waals surface area contributed by atoms with E-state index < -0.39 is 0 Å². The molecule has 0 spiro atoms. The number of carbonyl (C=O) groups excluding carboxylic acids is 1. The van der Waals surface area contributed by atoms with Gasteiger partial charge in [0.2, 0.25) is 5.91 Å². The van der Waals surface area contributed by atoms with Crippen LogP contribution in [0.2, 0.25) is 10.0 Å². The van der Waals surface area contributed by atoms with Gasteiger partial charge in [-0.2, -0.15) is 5.10 Å². The lowest BCUT2D eigenvalue weighted by molar-refractivity contribution is -0.116. The van der Waals surface area contributed by atoms with Crippen molar-refractivity contribution < 1.29 is 4.79 Å². The lowest BCUT2D eigenvalue weighted by Crippen LogP contribution is -2.18. The van der Waals surface area contributed by atoms with Crippen molar-refractivity contribution in [2.24, 2.45) is 0 Å². The van der Waals surface area contributed by atoms with E-state index in [1.165, 1.54) is 17.3 Å². The molecule has 1 amide bonds. The molecule has 5 nitrogen and oxygen atoms in total. The van der Waals surface area contributed by atoms with Gasteiger partial charge in [-0.15, -0.1) is 0 Å². The number of benzene rings is 1. The smallest absolute Gasteiger partial charge is 0.246 e. The monoisotopic (exact) mass is 270 g/mol. The molecule has 1 heterocycles. The van der Waals surface area contributed by atoms with E-state index in [4.69, 9.17) is 23.2 Å². The highest BCUT2D eigenvalue weighted by Gasteiger charge is 2.05. The molecule has 1 aromatic carbocycles. The summed E-state index contributed by atoms with van der Waals surface area (Å²) in [6.07, 6.45) is 2.83. The van der Waals surface area contributed by atoms with Gasteiger partial charge in [-0.05, 0) is 18.2 Å². The van der Waals surface area contributed by atoms with Crippen LogP contribution >= 0.6 is 23.2 Å². The Morgan fingerprint density at radius 3 is 2.82 bits per heavy atom. The summed E-state index contributed by atoms with van der Waals surface area (Å²) < 4.78 is 1.42.